The van der Waals surface area contributed by atoms with Crippen molar-refractivity contribution in [2.24, 2.45) is 0 Å². The zero-order valence-corrected chi connectivity index (χ0v) is 20.5. The molecule has 0 saturated carbocycles. The molecule has 0 fully saturated rings. The number of amides is 1. The van der Waals surface area contributed by atoms with E-state index in [9.17, 15) is 4.79 Å². The molecule has 0 bridgehead atoms. The highest BCUT2D eigenvalue weighted by atomic mass is 35.5. The molecule has 0 atom stereocenters. The monoisotopic (exact) mass is 522 g/mol. The van der Waals surface area contributed by atoms with Gasteiger partial charge in [-0.2, -0.15) is 4.98 Å². The summed E-state index contributed by atoms with van der Waals surface area (Å²) in [7, 11) is 0. The summed E-state index contributed by atoms with van der Waals surface area (Å²) in [4.78, 5) is 21.3. The largest absolute Gasteiger partial charge is 0.451 e. The van der Waals surface area contributed by atoms with Crippen LogP contribution in [0.3, 0.4) is 0 Å². The van der Waals surface area contributed by atoms with Gasteiger partial charge in [-0.25, -0.2) is 4.98 Å². The molecule has 0 saturated heterocycles. The third-order valence-corrected chi connectivity index (χ3v) is 6.19. The number of carbonyl (C=O) groups is 1. The number of furan rings is 1. The van der Waals surface area contributed by atoms with E-state index in [1.807, 2.05) is 25.1 Å². The van der Waals surface area contributed by atoms with Gasteiger partial charge in [-0.1, -0.05) is 35.3 Å². The SMILES string of the molecule is Cc1ccc(-c2nc3ncccc3o2)cc1NC(=S)NC(=O)c1ccc(-c2cccc(Cl)c2Cl)o1. The fourth-order valence-electron chi connectivity index (χ4n) is 3.40. The quantitative estimate of drug-likeness (QED) is 0.248. The molecule has 0 aliphatic carbocycles. The molecular formula is C25H16Cl2N4O3S. The molecule has 3 aromatic heterocycles. The summed E-state index contributed by atoms with van der Waals surface area (Å²) < 4.78 is 11.5. The van der Waals surface area contributed by atoms with Gasteiger partial charge in [0, 0.05) is 23.0 Å². The number of rotatable bonds is 4. The number of benzene rings is 2. The fraction of sp³-hybridized carbons (Fsp3) is 0.0400. The molecule has 2 N–H and O–H groups in total. The molecule has 0 spiro atoms. The van der Waals surface area contributed by atoms with Crippen LogP contribution in [-0.4, -0.2) is 21.0 Å². The van der Waals surface area contributed by atoms with E-state index in [1.165, 1.54) is 6.07 Å². The van der Waals surface area contributed by atoms with Crippen LogP contribution in [0.5, 0.6) is 0 Å². The van der Waals surface area contributed by atoms with E-state index >= 15 is 0 Å². The molecule has 35 heavy (non-hydrogen) atoms. The molecule has 0 aliphatic heterocycles. The Morgan fingerprint density at radius 1 is 1.03 bits per heavy atom. The minimum Gasteiger partial charge on any atom is -0.451 e. The van der Waals surface area contributed by atoms with Gasteiger partial charge in [0.15, 0.2) is 22.1 Å². The van der Waals surface area contributed by atoms with Gasteiger partial charge >= 0.3 is 0 Å². The maximum absolute atomic E-state index is 12.7. The Hall–Kier alpha value is -3.72. The van der Waals surface area contributed by atoms with Crippen molar-refractivity contribution < 1.29 is 13.6 Å². The Balaban J connectivity index is 1.30. The Bertz CT molecular complexity index is 1560. The average Bonchev–Trinajstić information content (AvgIpc) is 3.50. The second-order valence-corrected chi connectivity index (χ2v) is 8.74. The second kappa shape index (κ2) is 9.50. The zero-order chi connectivity index (χ0) is 24.5. The van der Waals surface area contributed by atoms with Gasteiger partial charge in [-0.3, -0.25) is 10.1 Å². The fourth-order valence-corrected chi connectivity index (χ4v) is 4.00. The molecule has 2 aromatic carbocycles. The number of fused-ring (bicyclic) bond motifs is 1. The number of anilines is 1. The molecule has 10 heteroatoms. The van der Waals surface area contributed by atoms with E-state index in [-0.39, 0.29) is 10.9 Å². The number of hydrogen-bond acceptors (Lipinski definition) is 6. The lowest BCUT2D eigenvalue weighted by Crippen LogP contribution is -2.34. The summed E-state index contributed by atoms with van der Waals surface area (Å²) in [5, 5.41) is 6.51. The van der Waals surface area contributed by atoms with Crippen molar-refractivity contribution in [3.05, 3.63) is 88.2 Å². The van der Waals surface area contributed by atoms with E-state index < -0.39 is 5.91 Å². The number of aromatic nitrogens is 2. The van der Waals surface area contributed by atoms with Crippen molar-refractivity contribution in [2.45, 2.75) is 6.92 Å². The van der Waals surface area contributed by atoms with Crippen molar-refractivity contribution in [1.29, 1.82) is 0 Å². The minimum absolute atomic E-state index is 0.0737. The summed E-state index contributed by atoms with van der Waals surface area (Å²) in [6, 6.07) is 17.6. The maximum atomic E-state index is 12.7. The summed E-state index contributed by atoms with van der Waals surface area (Å²) in [6.07, 6.45) is 1.66. The van der Waals surface area contributed by atoms with Crippen molar-refractivity contribution in [3.8, 4) is 22.8 Å². The standard InChI is InChI=1S/C25H16Cl2N4O3S/c1-13-7-8-14(24-30-22-19(34-24)6-3-11-28-22)12-17(13)29-25(35)31-23(32)20-10-9-18(33-20)15-4-2-5-16(26)21(15)27/h2-12H,1H3,(H2,29,31,32,35). The first-order valence-corrected chi connectivity index (χ1v) is 11.5. The van der Waals surface area contributed by atoms with E-state index in [2.05, 4.69) is 20.6 Å². The molecule has 1 amide bonds. The number of hydrogen-bond donors (Lipinski definition) is 2. The number of oxazole rings is 1. The number of nitrogens with one attached hydrogen (secondary N) is 2. The first-order chi connectivity index (χ1) is 16.9. The van der Waals surface area contributed by atoms with Crippen LogP contribution in [0.4, 0.5) is 5.69 Å². The summed E-state index contributed by atoms with van der Waals surface area (Å²) >= 11 is 17.7. The molecule has 0 aliphatic rings. The highest BCUT2D eigenvalue weighted by molar-refractivity contribution is 7.80. The third kappa shape index (κ3) is 4.77. The Morgan fingerprint density at radius 2 is 1.89 bits per heavy atom. The molecule has 5 rings (SSSR count). The Kier molecular flexibility index (Phi) is 6.25. The van der Waals surface area contributed by atoms with Crippen molar-refractivity contribution in [2.75, 3.05) is 5.32 Å². The van der Waals surface area contributed by atoms with Gasteiger partial charge in [-0.05, 0) is 73.2 Å². The van der Waals surface area contributed by atoms with Crippen LogP contribution in [0.25, 0.3) is 34.0 Å². The van der Waals surface area contributed by atoms with E-state index in [0.29, 0.717) is 44.2 Å². The molecular weight excluding hydrogens is 507 g/mol. The lowest BCUT2D eigenvalue weighted by atomic mass is 10.1. The van der Waals surface area contributed by atoms with Gasteiger partial charge < -0.3 is 14.2 Å². The van der Waals surface area contributed by atoms with Crippen LogP contribution < -0.4 is 10.6 Å². The Morgan fingerprint density at radius 3 is 2.71 bits per heavy atom. The van der Waals surface area contributed by atoms with Gasteiger partial charge in [0.25, 0.3) is 5.91 Å². The number of nitrogens with zero attached hydrogens (tertiary/aromatic N) is 2. The van der Waals surface area contributed by atoms with E-state index in [1.54, 1.807) is 42.6 Å². The van der Waals surface area contributed by atoms with Crippen LogP contribution in [-0.2, 0) is 0 Å². The van der Waals surface area contributed by atoms with Gasteiger partial charge in [0.1, 0.15) is 5.76 Å². The molecule has 0 radical (unpaired) electrons. The van der Waals surface area contributed by atoms with Crippen LogP contribution in [0.15, 0.2) is 75.7 Å². The minimum atomic E-state index is -0.509. The lowest BCUT2D eigenvalue weighted by molar-refractivity contribution is 0.0951. The normalized spacial score (nSPS) is 10.9. The topological polar surface area (TPSA) is 93.2 Å². The average molecular weight is 523 g/mol. The molecule has 5 aromatic rings. The van der Waals surface area contributed by atoms with E-state index in [4.69, 9.17) is 44.3 Å². The second-order valence-electron chi connectivity index (χ2n) is 7.55. The molecule has 0 unspecified atom stereocenters. The number of halogens is 2. The Labute approximate surface area is 215 Å². The predicted octanol–water partition coefficient (Wildman–Crippen LogP) is 6.89. The highest BCUT2D eigenvalue weighted by Crippen LogP contribution is 2.34. The van der Waals surface area contributed by atoms with Crippen LogP contribution >= 0.6 is 35.4 Å². The summed E-state index contributed by atoms with van der Waals surface area (Å²) in [6.45, 7) is 1.91. The maximum Gasteiger partial charge on any atom is 0.293 e. The van der Waals surface area contributed by atoms with Gasteiger partial charge in [-0.15, -0.1) is 0 Å². The van der Waals surface area contributed by atoms with Crippen LogP contribution in [0, 0.1) is 6.92 Å². The van der Waals surface area contributed by atoms with E-state index in [0.717, 1.165) is 11.1 Å². The van der Waals surface area contributed by atoms with Crippen molar-refractivity contribution >= 4 is 63.4 Å². The zero-order valence-electron chi connectivity index (χ0n) is 18.1. The number of thiocarbonyl (C=S) groups is 1. The summed E-state index contributed by atoms with van der Waals surface area (Å²) in [5.74, 6) is 0.410. The molecule has 3 heterocycles. The molecule has 174 valence electrons. The van der Waals surface area contributed by atoms with Gasteiger partial charge in [0.2, 0.25) is 5.89 Å². The first-order valence-electron chi connectivity index (χ1n) is 10.4. The van der Waals surface area contributed by atoms with Crippen LogP contribution in [0.1, 0.15) is 16.1 Å². The third-order valence-electron chi connectivity index (χ3n) is 5.17. The van der Waals surface area contributed by atoms with Crippen molar-refractivity contribution in [3.63, 3.8) is 0 Å². The number of carbonyl (C=O) groups excluding carboxylic acids is 1. The lowest BCUT2D eigenvalue weighted by Gasteiger charge is -2.12. The first kappa shape index (κ1) is 23.0. The van der Waals surface area contributed by atoms with Gasteiger partial charge in [0.05, 0.1) is 10.0 Å². The van der Waals surface area contributed by atoms with Crippen molar-refractivity contribution in [1.82, 2.24) is 15.3 Å². The highest BCUT2D eigenvalue weighted by Gasteiger charge is 2.17. The smallest absolute Gasteiger partial charge is 0.293 e. The summed E-state index contributed by atoms with van der Waals surface area (Å²) in [5.41, 5.74) is 4.04. The van der Waals surface area contributed by atoms with Crippen LogP contribution in [0.2, 0.25) is 10.0 Å². The molecule has 7 nitrogen and oxygen atoms in total. The number of aryl methyl sites for hydroxylation is 1. The number of pyridine rings is 1. The predicted molar refractivity (Wildman–Crippen MR) is 140 cm³/mol.